The molecule has 1 saturated heterocycles. The first-order valence-corrected chi connectivity index (χ1v) is 7.52. The zero-order valence-corrected chi connectivity index (χ0v) is 13.7. The SMILES string of the molecule is Cc1cc(CN2C(=O)N[C@@](C)(c3cccc(Br)c3)C2=O)no1. The second-order valence-corrected chi connectivity index (χ2v) is 6.30. The first-order chi connectivity index (χ1) is 10.4. The minimum Gasteiger partial charge on any atom is -0.361 e. The van der Waals surface area contributed by atoms with E-state index in [1.807, 2.05) is 24.3 Å². The lowest BCUT2D eigenvalue weighted by atomic mass is 9.92. The van der Waals surface area contributed by atoms with Crippen molar-refractivity contribution < 1.29 is 14.1 Å². The Hall–Kier alpha value is -2.15. The van der Waals surface area contributed by atoms with Crippen LogP contribution in [0.3, 0.4) is 0 Å². The van der Waals surface area contributed by atoms with Gasteiger partial charge in [-0.15, -0.1) is 0 Å². The Morgan fingerprint density at radius 3 is 2.77 bits per heavy atom. The third-order valence-corrected chi connectivity index (χ3v) is 4.17. The average molecular weight is 364 g/mol. The summed E-state index contributed by atoms with van der Waals surface area (Å²) < 4.78 is 5.82. The Labute approximate surface area is 135 Å². The smallest absolute Gasteiger partial charge is 0.325 e. The summed E-state index contributed by atoms with van der Waals surface area (Å²) in [7, 11) is 0. The van der Waals surface area contributed by atoms with E-state index < -0.39 is 11.6 Å². The second-order valence-electron chi connectivity index (χ2n) is 5.39. The Bertz CT molecular complexity index is 758. The molecule has 0 unspecified atom stereocenters. The maximum Gasteiger partial charge on any atom is 0.325 e. The molecule has 7 heteroatoms. The lowest BCUT2D eigenvalue weighted by Crippen LogP contribution is -2.40. The van der Waals surface area contributed by atoms with E-state index in [9.17, 15) is 9.59 Å². The van der Waals surface area contributed by atoms with Gasteiger partial charge in [-0.2, -0.15) is 0 Å². The van der Waals surface area contributed by atoms with Crippen LogP contribution < -0.4 is 5.32 Å². The van der Waals surface area contributed by atoms with E-state index in [1.165, 1.54) is 0 Å². The molecule has 1 aliphatic rings. The fourth-order valence-corrected chi connectivity index (χ4v) is 2.89. The number of benzene rings is 1. The van der Waals surface area contributed by atoms with Gasteiger partial charge in [0.1, 0.15) is 17.0 Å². The molecule has 1 aliphatic heterocycles. The van der Waals surface area contributed by atoms with Gasteiger partial charge in [0.25, 0.3) is 5.91 Å². The largest absolute Gasteiger partial charge is 0.361 e. The molecular formula is C15H14BrN3O3. The highest BCUT2D eigenvalue weighted by Gasteiger charge is 2.49. The van der Waals surface area contributed by atoms with Crippen LogP contribution in [0.1, 0.15) is 23.9 Å². The van der Waals surface area contributed by atoms with Crippen LogP contribution in [0.25, 0.3) is 0 Å². The van der Waals surface area contributed by atoms with E-state index >= 15 is 0 Å². The monoisotopic (exact) mass is 363 g/mol. The number of amides is 3. The average Bonchev–Trinajstić information content (AvgIpc) is 2.97. The number of halogens is 1. The maximum atomic E-state index is 12.7. The van der Waals surface area contributed by atoms with Gasteiger partial charge in [-0.3, -0.25) is 9.69 Å². The molecule has 6 nitrogen and oxygen atoms in total. The van der Waals surface area contributed by atoms with Gasteiger partial charge in [0.05, 0.1) is 6.54 Å². The number of nitrogens with one attached hydrogen (secondary N) is 1. The molecule has 2 aromatic rings. The van der Waals surface area contributed by atoms with Gasteiger partial charge in [0.2, 0.25) is 0 Å². The Kier molecular flexibility index (Phi) is 3.52. The first kappa shape index (κ1) is 14.8. The molecule has 114 valence electrons. The maximum absolute atomic E-state index is 12.7. The third-order valence-electron chi connectivity index (χ3n) is 3.67. The van der Waals surface area contributed by atoms with Crippen molar-refractivity contribution >= 4 is 27.9 Å². The van der Waals surface area contributed by atoms with Crippen LogP contribution in [0, 0.1) is 6.92 Å². The Morgan fingerprint density at radius 1 is 1.36 bits per heavy atom. The third kappa shape index (κ3) is 2.41. The van der Waals surface area contributed by atoms with E-state index in [1.54, 1.807) is 19.9 Å². The van der Waals surface area contributed by atoms with E-state index in [4.69, 9.17) is 4.52 Å². The van der Waals surface area contributed by atoms with Crippen molar-refractivity contribution in [3.63, 3.8) is 0 Å². The molecule has 1 aromatic heterocycles. The summed E-state index contributed by atoms with van der Waals surface area (Å²) in [6.45, 7) is 3.54. The van der Waals surface area contributed by atoms with Crippen LogP contribution in [0.2, 0.25) is 0 Å². The molecule has 1 fully saturated rings. The number of carbonyl (C=O) groups is 2. The minimum absolute atomic E-state index is 0.0889. The number of urea groups is 1. The number of imide groups is 1. The van der Waals surface area contributed by atoms with Crippen molar-refractivity contribution in [2.75, 3.05) is 0 Å². The normalized spacial score (nSPS) is 21.3. The zero-order chi connectivity index (χ0) is 15.9. The lowest BCUT2D eigenvalue weighted by Gasteiger charge is -2.22. The number of carbonyl (C=O) groups excluding carboxylic acids is 2. The van der Waals surface area contributed by atoms with Gasteiger partial charge in [-0.1, -0.05) is 33.2 Å². The van der Waals surface area contributed by atoms with Crippen molar-refractivity contribution in [1.29, 1.82) is 0 Å². The number of aromatic nitrogens is 1. The molecule has 1 aromatic carbocycles. The molecule has 0 saturated carbocycles. The highest BCUT2D eigenvalue weighted by molar-refractivity contribution is 9.10. The van der Waals surface area contributed by atoms with Crippen molar-refractivity contribution in [3.8, 4) is 0 Å². The van der Waals surface area contributed by atoms with E-state index in [-0.39, 0.29) is 12.5 Å². The molecule has 2 heterocycles. The van der Waals surface area contributed by atoms with Gasteiger partial charge < -0.3 is 9.84 Å². The van der Waals surface area contributed by atoms with Crippen LogP contribution in [0.4, 0.5) is 4.79 Å². The van der Waals surface area contributed by atoms with Gasteiger partial charge in [0.15, 0.2) is 0 Å². The lowest BCUT2D eigenvalue weighted by molar-refractivity contribution is -0.131. The molecule has 0 bridgehead atoms. The fourth-order valence-electron chi connectivity index (χ4n) is 2.49. The summed E-state index contributed by atoms with van der Waals surface area (Å²) in [5.41, 5.74) is 0.179. The summed E-state index contributed by atoms with van der Waals surface area (Å²) >= 11 is 3.38. The number of rotatable bonds is 3. The highest BCUT2D eigenvalue weighted by Crippen LogP contribution is 2.31. The van der Waals surface area contributed by atoms with Crippen LogP contribution in [0.15, 0.2) is 39.3 Å². The van der Waals surface area contributed by atoms with Gasteiger partial charge >= 0.3 is 6.03 Å². The van der Waals surface area contributed by atoms with Crippen LogP contribution in [0.5, 0.6) is 0 Å². The van der Waals surface area contributed by atoms with Crippen molar-refractivity contribution in [3.05, 3.63) is 51.8 Å². The van der Waals surface area contributed by atoms with Crippen LogP contribution in [-0.2, 0) is 16.9 Å². The van der Waals surface area contributed by atoms with Crippen molar-refractivity contribution in [2.45, 2.75) is 25.9 Å². The second kappa shape index (κ2) is 5.24. The predicted octanol–water partition coefficient (Wildman–Crippen LogP) is 2.71. The molecule has 0 aliphatic carbocycles. The fraction of sp³-hybridized carbons (Fsp3) is 0.267. The summed E-state index contributed by atoms with van der Waals surface area (Å²) in [5, 5.41) is 6.59. The Balaban J connectivity index is 1.90. The number of hydrogen-bond acceptors (Lipinski definition) is 4. The highest BCUT2D eigenvalue weighted by atomic mass is 79.9. The zero-order valence-electron chi connectivity index (χ0n) is 12.1. The van der Waals surface area contributed by atoms with Gasteiger partial charge in [0, 0.05) is 10.5 Å². The van der Waals surface area contributed by atoms with E-state index in [2.05, 4.69) is 26.4 Å². The van der Waals surface area contributed by atoms with E-state index in [0.717, 1.165) is 14.9 Å². The summed E-state index contributed by atoms with van der Waals surface area (Å²) in [4.78, 5) is 26.1. The first-order valence-electron chi connectivity index (χ1n) is 6.72. The summed E-state index contributed by atoms with van der Waals surface area (Å²) in [6, 6.07) is 8.59. The predicted molar refractivity (Wildman–Crippen MR) is 81.8 cm³/mol. The van der Waals surface area contributed by atoms with Crippen LogP contribution >= 0.6 is 15.9 Å². The topological polar surface area (TPSA) is 75.4 Å². The molecule has 3 amide bonds. The molecule has 0 radical (unpaired) electrons. The molecular weight excluding hydrogens is 350 g/mol. The minimum atomic E-state index is -1.08. The number of hydrogen-bond donors (Lipinski definition) is 1. The van der Waals surface area contributed by atoms with Crippen molar-refractivity contribution in [2.24, 2.45) is 0 Å². The summed E-state index contributed by atoms with van der Waals surface area (Å²) in [6.07, 6.45) is 0. The number of nitrogens with zero attached hydrogens (tertiary/aromatic N) is 2. The quantitative estimate of drug-likeness (QED) is 0.850. The molecule has 1 atom stereocenters. The van der Waals surface area contributed by atoms with Crippen LogP contribution in [-0.4, -0.2) is 22.0 Å². The standard InChI is InChI=1S/C15H14BrN3O3/c1-9-6-12(18-22-9)8-19-13(20)15(2,17-14(19)21)10-4-3-5-11(16)7-10/h3-7H,8H2,1-2H3,(H,17,21)/t15-/m0/s1. The molecule has 1 N–H and O–H groups in total. The molecule has 22 heavy (non-hydrogen) atoms. The van der Waals surface area contributed by atoms with E-state index in [0.29, 0.717) is 11.5 Å². The Morgan fingerprint density at radius 2 is 2.14 bits per heavy atom. The van der Waals surface area contributed by atoms with Crippen molar-refractivity contribution in [1.82, 2.24) is 15.4 Å². The van der Waals surface area contributed by atoms with Gasteiger partial charge in [-0.25, -0.2) is 4.79 Å². The summed E-state index contributed by atoms with van der Waals surface area (Å²) in [5.74, 6) is 0.327. The van der Waals surface area contributed by atoms with Gasteiger partial charge in [-0.05, 0) is 31.5 Å². The number of aryl methyl sites for hydroxylation is 1. The molecule has 3 rings (SSSR count). The molecule has 0 spiro atoms.